The van der Waals surface area contributed by atoms with E-state index in [-0.39, 0.29) is 6.04 Å². The van der Waals surface area contributed by atoms with Crippen LogP contribution < -0.4 is 5.32 Å². The van der Waals surface area contributed by atoms with Crippen LogP contribution in [0.1, 0.15) is 32.6 Å². The fourth-order valence-electron chi connectivity index (χ4n) is 2.01. The van der Waals surface area contributed by atoms with Crippen molar-refractivity contribution < 1.29 is 14.6 Å². The Kier molecular flexibility index (Phi) is 6.96. The first-order valence-electron chi connectivity index (χ1n) is 6.24. The van der Waals surface area contributed by atoms with Gasteiger partial charge in [-0.3, -0.25) is 0 Å². The molecule has 0 aromatic heterocycles. The lowest BCUT2D eigenvalue weighted by atomic mass is 10.3. The molecular formula is C12H25NO3. The molecule has 0 aliphatic heterocycles. The SMILES string of the molecule is COCC(C)NCC(O)COC1CCCC1. The first-order valence-corrected chi connectivity index (χ1v) is 6.24. The first kappa shape index (κ1) is 13.9. The van der Waals surface area contributed by atoms with Crippen LogP contribution in [0.15, 0.2) is 0 Å². The second-order valence-corrected chi connectivity index (χ2v) is 4.66. The van der Waals surface area contributed by atoms with Gasteiger partial charge in [0.25, 0.3) is 0 Å². The van der Waals surface area contributed by atoms with Gasteiger partial charge in [0.1, 0.15) is 0 Å². The van der Waals surface area contributed by atoms with E-state index < -0.39 is 6.10 Å². The minimum Gasteiger partial charge on any atom is -0.389 e. The van der Waals surface area contributed by atoms with Crippen molar-refractivity contribution in [1.82, 2.24) is 5.32 Å². The zero-order chi connectivity index (χ0) is 11.8. The Labute approximate surface area is 98.3 Å². The molecule has 0 heterocycles. The lowest BCUT2D eigenvalue weighted by Crippen LogP contribution is -2.38. The maximum absolute atomic E-state index is 9.70. The minimum absolute atomic E-state index is 0.270. The Bertz CT molecular complexity index is 172. The number of aliphatic hydroxyl groups is 1. The number of hydrogen-bond acceptors (Lipinski definition) is 4. The predicted molar refractivity (Wildman–Crippen MR) is 63.6 cm³/mol. The first-order chi connectivity index (χ1) is 7.72. The fourth-order valence-corrected chi connectivity index (χ4v) is 2.01. The Balaban J connectivity index is 1.99. The van der Waals surface area contributed by atoms with Crippen molar-refractivity contribution in [3.63, 3.8) is 0 Å². The van der Waals surface area contributed by atoms with Crippen LogP contribution in [0.3, 0.4) is 0 Å². The summed E-state index contributed by atoms with van der Waals surface area (Å²) in [5, 5.41) is 12.9. The third-order valence-electron chi connectivity index (χ3n) is 2.95. The highest BCUT2D eigenvalue weighted by molar-refractivity contribution is 4.69. The van der Waals surface area contributed by atoms with Crippen molar-refractivity contribution in [2.45, 2.75) is 50.9 Å². The van der Waals surface area contributed by atoms with Crippen molar-refractivity contribution in [3.8, 4) is 0 Å². The summed E-state index contributed by atoms with van der Waals surface area (Å²) in [5.41, 5.74) is 0. The molecule has 1 rings (SSSR count). The highest BCUT2D eigenvalue weighted by Gasteiger charge is 2.17. The van der Waals surface area contributed by atoms with Crippen LogP contribution in [0.25, 0.3) is 0 Å². The van der Waals surface area contributed by atoms with Gasteiger partial charge in [0.2, 0.25) is 0 Å². The molecule has 1 aliphatic rings. The molecule has 0 spiro atoms. The van der Waals surface area contributed by atoms with Crippen molar-refractivity contribution in [2.24, 2.45) is 0 Å². The average molecular weight is 231 g/mol. The molecule has 96 valence electrons. The van der Waals surface area contributed by atoms with Crippen molar-refractivity contribution in [3.05, 3.63) is 0 Å². The minimum atomic E-state index is -0.417. The van der Waals surface area contributed by atoms with Crippen LogP contribution in [-0.4, -0.2) is 50.2 Å². The fraction of sp³-hybridized carbons (Fsp3) is 1.00. The van der Waals surface area contributed by atoms with Crippen LogP contribution >= 0.6 is 0 Å². The van der Waals surface area contributed by atoms with Crippen LogP contribution in [0.4, 0.5) is 0 Å². The standard InChI is InChI=1S/C12H25NO3/c1-10(8-15-2)13-7-11(14)9-16-12-5-3-4-6-12/h10-14H,3-9H2,1-2H3. The number of rotatable bonds is 8. The molecule has 4 heteroatoms. The Morgan fingerprint density at radius 2 is 2.00 bits per heavy atom. The number of ether oxygens (including phenoxy) is 2. The summed E-state index contributed by atoms with van der Waals surface area (Å²) >= 11 is 0. The Morgan fingerprint density at radius 3 is 2.62 bits per heavy atom. The van der Waals surface area contributed by atoms with E-state index in [1.807, 2.05) is 6.92 Å². The normalized spacial score (nSPS) is 21.2. The molecule has 4 nitrogen and oxygen atoms in total. The molecule has 1 aliphatic carbocycles. The Morgan fingerprint density at radius 1 is 1.31 bits per heavy atom. The quantitative estimate of drug-likeness (QED) is 0.652. The summed E-state index contributed by atoms with van der Waals surface area (Å²) in [6.45, 7) is 3.71. The van der Waals surface area contributed by atoms with Crippen LogP contribution in [0.5, 0.6) is 0 Å². The van der Waals surface area contributed by atoms with Gasteiger partial charge in [0.05, 0.1) is 25.4 Å². The molecule has 2 unspecified atom stereocenters. The number of methoxy groups -OCH3 is 1. The van der Waals surface area contributed by atoms with Crippen LogP contribution in [0.2, 0.25) is 0 Å². The molecular weight excluding hydrogens is 206 g/mol. The van der Waals surface area contributed by atoms with Gasteiger partial charge in [0.15, 0.2) is 0 Å². The monoisotopic (exact) mass is 231 g/mol. The van der Waals surface area contributed by atoms with E-state index in [0.717, 1.165) is 12.8 Å². The lowest BCUT2D eigenvalue weighted by molar-refractivity contribution is -0.00684. The summed E-state index contributed by atoms with van der Waals surface area (Å²) < 4.78 is 10.6. The third-order valence-corrected chi connectivity index (χ3v) is 2.95. The van der Waals surface area contributed by atoms with Crippen molar-refractivity contribution in [2.75, 3.05) is 26.9 Å². The maximum atomic E-state index is 9.70. The molecule has 1 saturated carbocycles. The van der Waals surface area contributed by atoms with E-state index in [9.17, 15) is 5.11 Å². The van der Waals surface area contributed by atoms with E-state index in [1.54, 1.807) is 7.11 Å². The van der Waals surface area contributed by atoms with Gasteiger partial charge in [-0.05, 0) is 19.8 Å². The molecule has 1 fully saturated rings. The van der Waals surface area contributed by atoms with Gasteiger partial charge in [0, 0.05) is 19.7 Å². The third kappa shape index (κ3) is 5.80. The van der Waals surface area contributed by atoms with Gasteiger partial charge < -0.3 is 19.9 Å². The van der Waals surface area contributed by atoms with Gasteiger partial charge in [-0.2, -0.15) is 0 Å². The molecule has 0 amide bonds. The largest absolute Gasteiger partial charge is 0.389 e. The second-order valence-electron chi connectivity index (χ2n) is 4.66. The van der Waals surface area contributed by atoms with E-state index >= 15 is 0 Å². The van der Waals surface area contributed by atoms with E-state index in [0.29, 0.717) is 25.9 Å². The highest BCUT2D eigenvalue weighted by atomic mass is 16.5. The molecule has 0 saturated heterocycles. The molecule has 2 N–H and O–H groups in total. The molecule has 16 heavy (non-hydrogen) atoms. The highest BCUT2D eigenvalue weighted by Crippen LogP contribution is 2.20. The molecule has 0 radical (unpaired) electrons. The molecule has 0 aromatic rings. The predicted octanol–water partition coefficient (Wildman–Crippen LogP) is 0.931. The van der Waals surface area contributed by atoms with Gasteiger partial charge in [-0.15, -0.1) is 0 Å². The summed E-state index contributed by atoms with van der Waals surface area (Å²) in [7, 11) is 1.68. The second kappa shape index (κ2) is 8.01. The lowest BCUT2D eigenvalue weighted by Gasteiger charge is -2.18. The van der Waals surface area contributed by atoms with E-state index in [4.69, 9.17) is 9.47 Å². The zero-order valence-electron chi connectivity index (χ0n) is 10.4. The molecule has 0 bridgehead atoms. The molecule has 2 atom stereocenters. The van der Waals surface area contributed by atoms with Crippen LogP contribution in [-0.2, 0) is 9.47 Å². The van der Waals surface area contributed by atoms with Crippen molar-refractivity contribution in [1.29, 1.82) is 0 Å². The summed E-state index contributed by atoms with van der Waals surface area (Å²) in [6.07, 6.45) is 4.81. The smallest absolute Gasteiger partial charge is 0.0897 e. The zero-order valence-corrected chi connectivity index (χ0v) is 10.4. The van der Waals surface area contributed by atoms with Crippen molar-refractivity contribution >= 4 is 0 Å². The summed E-state index contributed by atoms with van der Waals surface area (Å²) in [6, 6.07) is 0.270. The van der Waals surface area contributed by atoms with Crippen LogP contribution in [0, 0.1) is 0 Å². The van der Waals surface area contributed by atoms with Gasteiger partial charge >= 0.3 is 0 Å². The summed E-state index contributed by atoms with van der Waals surface area (Å²) in [4.78, 5) is 0. The van der Waals surface area contributed by atoms with Gasteiger partial charge in [-0.25, -0.2) is 0 Å². The van der Waals surface area contributed by atoms with Gasteiger partial charge in [-0.1, -0.05) is 12.8 Å². The average Bonchev–Trinajstić information content (AvgIpc) is 2.77. The van der Waals surface area contributed by atoms with E-state index in [1.165, 1.54) is 12.8 Å². The maximum Gasteiger partial charge on any atom is 0.0897 e. The number of aliphatic hydroxyl groups excluding tert-OH is 1. The topological polar surface area (TPSA) is 50.7 Å². The number of hydrogen-bond donors (Lipinski definition) is 2. The Hall–Kier alpha value is -0.160. The number of nitrogens with one attached hydrogen (secondary N) is 1. The molecule has 0 aromatic carbocycles. The van der Waals surface area contributed by atoms with E-state index in [2.05, 4.69) is 5.32 Å². The summed E-state index contributed by atoms with van der Waals surface area (Å²) in [5.74, 6) is 0.